The van der Waals surface area contributed by atoms with Crippen molar-refractivity contribution in [3.05, 3.63) is 0 Å². The first-order valence-electron chi connectivity index (χ1n) is 7.69. The Hall–Kier alpha value is -0.160. The monoisotopic (exact) mass is 273 g/mol. The van der Waals surface area contributed by atoms with Crippen LogP contribution in [0.2, 0.25) is 0 Å². The highest BCUT2D eigenvalue weighted by atomic mass is 16.5. The van der Waals surface area contributed by atoms with Gasteiger partial charge in [-0.25, -0.2) is 0 Å². The third kappa shape index (κ3) is 7.25. The molecular weight excluding hydrogens is 242 g/mol. The van der Waals surface area contributed by atoms with E-state index in [1.807, 2.05) is 0 Å². The van der Waals surface area contributed by atoms with Crippen LogP contribution in [0.1, 0.15) is 39.5 Å². The summed E-state index contributed by atoms with van der Waals surface area (Å²) >= 11 is 0. The van der Waals surface area contributed by atoms with Gasteiger partial charge < -0.3 is 19.5 Å². The molecule has 3 atom stereocenters. The zero-order chi connectivity index (χ0) is 13.9. The first kappa shape index (κ1) is 16.9. The quantitative estimate of drug-likeness (QED) is 0.620. The average molecular weight is 273 g/mol. The van der Waals surface area contributed by atoms with E-state index in [4.69, 9.17) is 14.2 Å². The van der Waals surface area contributed by atoms with E-state index in [1.165, 1.54) is 25.7 Å². The van der Waals surface area contributed by atoms with E-state index in [0.717, 1.165) is 12.5 Å². The molecule has 1 aliphatic rings. The standard InChI is InChI=1S/C15H31NO3/c1-4-7-16-14-6-5-13(2)12-15(14)19-11-10-18-9-8-17-3/h13-16H,4-12H2,1-3H3. The molecule has 0 aromatic heterocycles. The lowest BCUT2D eigenvalue weighted by molar-refractivity contribution is -0.0392. The van der Waals surface area contributed by atoms with Crippen molar-refractivity contribution in [2.24, 2.45) is 5.92 Å². The number of hydrogen-bond donors (Lipinski definition) is 1. The van der Waals surface area contributed by atoms with Crippen molar-refractivity contribution in [3.8, 4) is 0 Å². The zero-order valence-corrected chi connectivity index (χ0v) is 12.8. The minimum Gasteiger partial charge on any atom is -0.382 e. The van der Waals surface area contributed by atoms with E-state index in [1.54, 1.807) is 7.11 Å². The molecular formula is C15H31NO3. The van der Waals surface area contributed by atoms with Crippen molar-refractivity contribution in [1.29, 1.82) is 0 Å². The van der Waals surface area contributed by atoms with Gasteiger partial charge in [-0.15, -0.1) is 0 Å². The molecule has 1 fully saturated rings. The number of hydrogen-bond acceptors (Lipinski definition) is 4. The van der Waals surface area contributed by atoms with Gasteiger partial charge in [-0.1, -0.05) is 13.8 Å². The summed E-state index contributed by atoms with van der Waals surface area (Å²) in [7, 11) is 1.69. The highest BCUT2D eigenvalue weighted by molar-refractivity contribution is 4.84. The van der Waals surface area contributed by atoms with Crippen LogP contribution in [-0.4, -0.2) is 52.2 Å². The predicted octanol–water partition coefficient (Wildman–Crippen LogP) is 2.22. The molecule has 1 aliphatic carbocycles. The van der Waals surface area contributed by atoms with E-state index < -0.39 is 0 Å². The largest absolute Gasteiger partial charge is 0.382 e. The Kier molecular flexibility index (Phi) is 9.43. The Bertz CT molecular complexity index is 212. The van der Waals surface area contributed by atoms with E-state index in [0.29, 0.717) is 38.6 Å². The van der Waals surface area contributed by atoms with Crippen LogP contribution < -0.4 is 5.32 Å². The first-order chi connectivity index (χ1) is 9.27. The number of rotatable bonds is 10. The van der Waals surface area contributed by atoms with Crippen LogP contribution in [0.3, 0.4) is 0 Å². The molecule has 4 heteroatoms. The topological polar surface area (TPSA) is 39.7 Å². The van der Waals surface area contributed by atoms with Gasteiger partial charge in [0.05, 0.1) is 32.5 Å². The second-order valence-corrected chi connectivity index (χ2v) is 5.49. The van der Waals surface area contributed by atoms with Crippen molar-refractivity contribution < 1.29 is 14.2 Å². The summed E-state index contributed by atoms with van der Waals surface area (Å²) in [5, 5.41) is 3.62. The van der Waals surface area contributed by atoms with Gasteiger partial charge >= 0.3 is 0 Å². The minimum absolute atomic E-state index is 0.348. The Morgan fingerprint density at radius 2 is 1.89 bits per heavy atom. The number of ether oxygens (including phenoxy) is 3. The van der Waals surface area contributed by atoms with E-state index >= 15 is 0 Å². The molecule has 0 heterocycles. The molecule has 0 saturated heterocycles. The van der Waals surface area contributed by atoms with Crippen LogP contribution in [0.4, 0.5) is 0 Å². The van der Waals surface area contributed by atoms with Crippen LogP contribution >= 0.6 is 0 Å². The number of methoxy groups -OCH3 is 1. The molecule has 0 radical (unpaired) electrons. The third-order valence-corrected chi connectivity index (χ3v) is 3.70. The van der Waals surface area contributed by atoms with Gasteiger partial charge in [-0.2, -0.15) is 0 Å². The third-order valence-electron chi connectivity index (χ3n) is 3.70. The Morgan fingerprint density at radius 3 is 2.63 bits per heavy atom. The summed E-state index contributed by atoms with van der Waals surface area (Å²) in [6.07, 6.45) is 5.24. The molecule has 4 nitrogen and oxygen atoms in total. The molecule has 0 aromatic rings. The van der Waals surface area contributed by atoms with Crippen LogP contribution in [-0.2, 0) is 14.2 Å². The summed E-state index contributed by atoms with van der Waals surface area (Å²) in [6.45, 7) is 8.27. The van der Waals surface area contributed by atoms with Gasteiger partial charge in [0.25, 0.3) is 0 Å². The van der Waals surface area contributed by atoms with Crippen molar-refractivity contribution in [3.63, 3.8) is 0 Å². The van der Waals surface area contributed by atoms with Gasteiger partial charge in [0, 0.05) is 13.2 Å². The van der Waals surface area contributed by atoms with Gasteiger partial charge in [0.15, 0.2) is 0 Å². The van der Waals surface area contributed by atoms with Gasteiger partial charge in [0.1, 0.15) is 0 Å². The maximum absolute atomic E-state index is 6.01. The van der Waals surface area contributed by atoms with Crippen LogP contribution in [0.5, 0.6) is 0 Å². The van der Waals surface area contributed by atoms with Crippen molar-refractivity contribution in [2.45, 2.75) is 51.7 Å². The Balaban J connectivity index is 2.18. The van der Waals surface area contributed by atoms with Gasteiger partial charge in [0.2, 0.25) is 0 Å². The fourth-order valence-electron chi connectivity index (χ4n) is 2.58. The first-order valence-corrected chi connectivity index (χ1v) is 7.69. The summed E-state index contributed by atoms with van der Waals surface area (Å²) in [4.78, 5) is 0. The SMILES string of the molecule is CCCNC1CCC(C)CC1OCCOCCOC. The Labute approximate surface area is 118 Å². The van der Waals surface area contributed by atoms with E-state index in [9.17, 15) is 0 Å². The molecule has 0 aromatic carbocycles. The summed E-state index contributed by atoms with van der Waals surface area (Å²) in [5.41, 5.74) is 0. The van der Waals surface area contributed by atoms with Gasteiger partial charge in [-0.05, 0) is 38.1 Å². The smallest absolute Gasteiger partial charge is 0.0731 e. The zero-order valence-electron chi connectivity index (χ0n) is 12.8. The summed E-state index contributed by atoms with van der Waals surface area (Å²) in [6, 6.07) is 0.523. The fourth-order valence-corrected chi connectivity index (χ4v) is 2.58. The lowest BCUT2D eigenvalue weighted by Crippen LogP contribution is -2.45. The summed E-state index contributed by atoms with van der Waals surface area (Å²) in [5.74, 6) is 0.777. The molecule has 19 heavy (non-hydrogen) atoms. The Morgan fingerprint density at radius 1 is 1.11 bits per heavy atom. The maximum atomic E-state index is 6.01. The molecule has 1 N–H and O–H groups in total. The lowest BCUT2D eigenvalue weighted by atomic mass is 9.85. The van der Waals surface area contributed by atoms with Crippen molar-refractivity contribution in [1.82, 2.24) is 5.32 Å². The molecule has 114 valence electrons. The minimum atomic E-state index is 0.348. The van der Waals surface area contributed by atoms with Crippen LogP contribution in [0.25, 0.3) is 0 Å². The molecule has 0 amide bonds. The second kappa shape index (κ2) is 10.6. The highest BCUT2D eigenvalue weighted by Crippen LogP contribution is 2.26. The summed E-state index contributed by atoms with van der Waals surface area (Å²) < 4.78 is 16.4. The van der Waals surface area contributed by atoms with Crippen molar-refractivity contribution in [2.75, 3.05) is 40.1 Å². The van der Waals surface area contributed by atoms with E-state index in [2.05, 4.69) is 19.2 Å². The molecule has 3 unspecified atom stereocenters. The van der Waals surface area contributed by atoms with Gasteiger partial charge in [-0.3, -0.25) is 0 Å². The molecule has 0 aliphatic heterocycles. The second-order valence-electron chi connectivity index (χ2n) is 5.49. The predicted molar refractivity (Wildman–Crippen MR) is 77.5 cm³/mol. The normalized spacial score (nSPS) is 27.6. The molecule has 0 bridgehead atoms. The lowest BCUT2D eigenvalue weighted by Gasteiger charge is -2.35. The highest BCUT2D eigenvalue weighted by Gasteiger charge is 2.28. The molecule has 1 saturated carbocycles. The maximum Gasteiger partial charge on any atom is 0.0731 e. The number of nitrogens with one attached hydrogen (secondary N) is 1. The fraction of sp³-hybridized carbons (Fsp3) is 1.00. The molecule has 0 spiro atoms. The van der Waals surface area contributed by atoms with E-state index in [-0.39, 0.29) is 0 Å². The average Bonchev–Trinajstić information content (AvgIpc) is 2.42. The van der Waals surface area contributed by atoms with Crippen LogP contribution in [0, 0.1) is 5.92 Å². The molecule has 1 rings (SSSR count). The van der Waals surface area contributed by atoms with Crippen LogP contribution in [0.15, 0.2) is 0 Å². The van der Waals surface area contributed by atoms with Crippen molar-refractivity contribution >= 4 is 0 Å².